The SMILES string of the molecule is Cc1ccccc1N1CCN(CCCOc2cccc3c2CCC(=O)N3Cc2ccccc2)CC1. The number of amides is 1. The largest absolute Gasteiger partial charge is 0.493 e. The van der Waals surface area contributed by atoms with Gasteiger partial charge in [-0.1, -0.05) is 54.6 Å². The quantitative estimate of drug-likeness (QED) is 0.432. The first kappa shape index (κ1) is 23.4. The van der Waals surface area contributed by atoms with Crippen molar-refractivity contribution >= 4 is 17.3 Å². The second-order valence-corrected chi connectivity index (χ2v) is 9.54. The minimum absolute atomic E-state index is 0.184. The Hall–Kier alpha value is -3.31. The van der Waals surface area contributed by atoms with Crippen LogP contribution in [0.5, 0.6) is 5.75 Å². The lowest BCUT2D eigenvalue weighted by Gasteiger charge is -2.36. The third kappa shape index (κ3) is 5.51. The van der Waals surface area contributed by atoms with Gasteiger partial charge in [0, 0.05) is 50.4 Å². The molecule has 2 aliphatic heterocycles. The van der Waals surface area contributed by atoms with E-state index in [1.54, 1.807) is 0 Å². The van der Waals surface area contributed by atoms with Crippen molar-refractivity contribution in [3.05, 3.63) is 89.5 Å². The molecule has 2 heterocycles. The molecule has 35 heavy (non-hydrogen) atoms. The third-order valence-electron chi connectivity index (χ3n) is 7.18. The van der Waals surface area contributed by atoms with Crippen LogP contribution in [0.2, 0.25) is 0 Å². The lowest BCUT2D eigenvalue weighted by atomic mass is 9.99. The highest BCUT2D eigenvalue weighted by Gasteiger charge is 2.26. The molecule has 2 aliphatic rings. The summed E-state index contributed by atoms with van der Waals surface area (Å²) in [5, 5.41) is 0. The van der Waals surface area contributed by atoms with E-state index >= 15 is 0 Å². The zero-order chi connectivity index (χ0) is 24.0. The lowest BCUT2D eigenvalue weighted by molar-refractivity contribution is -0.119. The number of benzene rings is 3. The molecule has 1 fully saturated rings. The van der Waals surface area contributed by atoms with Crippen LogP contribution in [0, 0.1) is 6.92 Å². The summed E-state index contributed by atoms with van der Waals surface area (Å²) in [4.78, 5) is 19.7. The van der Waals surface area contributed by atoms with Crippen LogP contribution in [0.4, 0.5) is 11.4 Å². The number of fused-ring (bicyclic) bond motifs is 1. The Morgan fingerprint density at radius 3 is 2.34 bits per heavy atom. The monoisotopic (exact) mass is 469 g/mol. The fourth-order valence-corrected chi connectivity index (χ4v) is 5.23. The van der Waals surface area contributed by atoms with Gasteiger partial charge in [0.25, 0.3) is 0 Å². The zero-order valence-corrected chi connectivity index (χ0v) is 20.7. The van der Waals surface area contributed by atoms with Gasteiger partial charge in [0.15, 0.2) is 0 Å². The van der Waals surface area contributed by atoms with Crippen LogP contribution >= 0.6 is 0 Å². The van der Waals surface area contributed by atoms with E-state index in [0.29, 0.717) is 19.6 Å². The first-order chi connectivity index (χ1) is 17.2. The fourth-order valence-electron chi connectivity index (χ4n) is 5.23. The van der Waals surface area contributed by atoms with Crippen molar-refractivity contribution < 1.29 is 9.53 Å². The highest BCUT2D eigenvalue weighted by atomic mass is 16.5. The summed E-state index contributed by atoms with van der Waals surface area (Å²) in [7, 11) is 0. The number of nitrogens with zero attached hydrogens (tertiary/aromatic N) is 3. The second-order valence-electron chi connectivity index (χ2n) is 9.54. The molecule has 0 atom stereocenters. The molecule has 1 saturated heterocycles. The Morgan fingerprint density at radius 1 is 0.800 bits per heavy atom. The van der Waals surface area contributed by atoms with Crippen molar-refractivity contribution in [3.8, 4) is 5.75 Å². The van der Waals surface area contributed by atoms with Crippen LogP contribution < -0.4 is 14.5 Å². The van der Waals surface area contributed by atoms with Crippen LogP contribution in [0.3, 0.4) is 0 Å². The molecular formula is C30H35N3O2. The van der Waals surface area contributed by atoms with Crippen LogP contribution in [-0.4, -0.2) is 50.1 Å². The number of ether oxygens (including phenoxy) is 1. The number of hydrogen-bond donors (Lipinski definition) is 0. The lowest BCUT2D eigenvalue weighted by Crippen LogP contribution is -2.47. The Bertz CT molecular complexity index is 1140. The van der Waals surface area contributed by atoms with Crippen LogP contribution in [0.25, 0.3) is 0 Å². The average molecular weight is 470 g/mol. The summed E-state index contributed by atoms with van der Waals surface area (Å²) >= 11 is 0. The molecule has 5 nitrogen and oxygen atoms in total. The van der Waals surface area contributed by atoms with Crippen LogP contribution in [-0.2, 0) is 17.8 Å². The highest BCUT2D eigenvalue weighted by molar-refractivity contribution is 5.96. The molecule has 5 rings (SSSR count). The Kier molecular flexibility index (Phi) is 7.34. The van der Waals surface area contributed by atoms with Crippen LogP contribution in [0.15, 0.2) is 72.8 Å². The standard InChI is InChI=1S/C30H35N3O2/c1-24-9-5-6-12-27(24)32-20-18-31(19-21-32)17-8-22-35-29-14-7-13-28-26(29)15-16-30(34)33(28)23-25-10-3-2-4-11-25/h2-7,9-14H,8,15-23H2,1H3. The average Bonchev–Trinajstić information content (AvgIpc) is 2.90. The molecule has 3 aromatic carbocycles. The predicted molar refractivity (Wildman–Crippen MR) is 142 cm³/mol. The molecule has 0 bridgehead atoms. The molecule has 182 valence electrons. The summed E-state index contributed by atoms with van der Waals surface area (Å²) in [6.45, 7) is 8.86. The first-order valence-corrected chi connectivity index (χ1v) is 12.8. The number of anilines is 2. The normalized spacial score (nSPS) is 16.3. The molecule has 0 spiro atoms. The Morgan fingerprint density at radius 2 is 1.54 bits per heavy atom. The van der Waals surface area contributed by atoms with E-state index < -0.39 is 0 Å². The minimum atomic E-state index is 0.184. The Balaban J connectivity index is 1.13. The molecule has 3 aromatic rings. The number of carbonyl (C=O) groups excluding carboxylic acids is 1. The minimum Gasteiger partial charge on any atom is -0.493 e. The molecule has 0 N–H and O–H groups in total. The van der Waals surface area contributed by atoms with Gasteiger partial charge in [-0.2, -0.15) is 0 Å². The van der Waals surface area contributed by atoms with E-state index in [1.165, 1.54) is 11.3 Å². The van der Waals surface area contributed by atoms with E-state index in [2.05, 4.69) is 65.3 Å². The van der Waals surface area contributed by atoms with Gasteiger partial charge in [0.05, 0.1) is 18.8 Å². The van der Waals surface area contributed by atoms with Crippen molar-refractivity contribution in [1.82, 2.24) is 4.90 Å². The second kappa shape index (κ2) is 11.0. The maximum absolute atomic E-state index is 12.7. The summed E-state index contributed by atoms with van der Waals surface area (Å²) < 4.78 is 6.26. The van der Waals surface area contributed by atoms with Crippen molar-refractivity contribution in [3.63, 3.8) is 0 Å². The predicted octanol–water partition coefficient (Wildman–Crippen LogP) is 5.07. The molecule has 5 heteroatoms. The van der Waals surface area contributed by atoms with Gasteiger partial charge in [-0.15, -0.1) is 0 Å². The maximum Gasteiger partial charge on any atom is 0.227 e. The molecule has 0 aromatic heterocycles. The number of para-hydroxylation sites is 1. The highest BCUT2D eigenvalue weighted by Crippen LogP contribution is 2.35. The molecule has 0 aliphatic carbocycles. The number of piperazine rings is 1. The summed E-state index contributed by atoms with van der Waals surface area (Å²) in [6, 6.07) is 25.0. The zero-order valence-electron chi connectivity index (χ0n) is 20.7. The van der Waals surface area contributed by atoms with Gasteiger partial charge in [-0.05, 0) is 49.1 Å². The van der Waals surface area contributed by atoms with Gasteiger partial charge < -0.3 is 14.5 Å². The van der Waals surface area contributed by atoms with Gasteiger partial charge in [-0.25, -0.2) is 0 Å². The van der Waals surface area contributed by atoms with Gasteiger partial charge in [-0.3, -0.25) is 9.69 Å². The van der Waals surface area contributed by atoms with E-state index in [0.717, 1.165) is 68.1 Å². The van der Waals surface area contributed by atoms with Crippen LogP contribution in [0.1, 0.15) is 29.5 Å². The van der Waals surface area contributed by atoms with E-state index in [9.17, 15) is 4.79 Å². The van der Waals surface area contributed by atoms with Gasteiger partial charge in [0.2, 0.25) is 5.91 Å². The molecule has 1 amide bonds. The van der Waals surface area contributed by atoms with Crippen molar-refractivity contribution in [2.75, 3.05) is 49.1 Å². The molecule has 0 radical (unpaired) electrons. The molecule has 0 unspecified atom stereocenters. The van der Waals surface area contributed by atoms with E-state index in [-0.39, 0.29) is 5.91 Å². The number of rotatable bonds is 8. The summed E-state index contributed by atoms with van der Waals surface area (Å²) in [5.74, 6) is 1.11. The number of aryl methyl sites for hydroxylation is 1. The van der Waals surface area contributed by atoms with Crippen molar-refractivity contribution in [1.29, 1.82) is 0 Å². The molecule has 0 saturated carbocycles. The van der Waals surface area contributed by atoms with Crippen molar-refractivity contribution in [2.45, 2.75) is 32.7 Å². The Labute approximate surface area is 208 Å². The first-order valence-electron chi connectivity index (χ1n) is 12.8. The topological polar surface area (TPSA) is 36.0 Å². The summed E-state index contributed by atoms with van der Waals surface area (Å²) in [6.07, 6.45) is 2.28. The maximum atomic E-state index is 12.7. The van der Waals surface area contributed by atoms with Crippen molar-refractivity contribution in [2.24, 2.45) is 0 Å². The number of carbonyl (C=O) groups is 1. The van der Waals surface area contributed by atoms with E-state index in [1.807, 2.05) is 29.2 Å². The fraction of sp³-hybridized carbons (Fsp3) is 0.367. The third-order valence-corrected chi connectivity index (χ3v) is 7.18. The van der Waals surface area contributed by atoms with Gasteiger partial charge in [0.1, 0.15) is 5.75 Å². The smallest absolute Gasteiger partial charge is 0.227 e. The van der Waals surface area contributed by atoms with Gasteiger partial charge >= 0.3 is 0 Å². The number of hydrogen-bond acceptors (Lipinski definition) is 4. The van der Waals surface area contributed by atoms with E-state index in [4.69, 9.17) is 4.74 Å². The molecular weight excluding hydrogens is 434 g/mol. The summed E-state index contributed by atoms with van der Waals surface area (Å²) in [5.41, 5.74) is 6.01.